The summed E-state index contributed by atoms with van der Waals surface area (Å²) in [6, 6.07) is 20.1. The van der Waals surface area contributed by atoms with Gasteiger partial charge in [0, 0.05) is 68.7 Å². The van der Waals surface area contributed by atoms with Crippen molar-refractivity contribution >= 4 is 46.8 Å². The summed E-state index contributed by atoms with van der Waals surface area (Å²) < 4.78 is 32.3. The molecule has 0 unspecified atom stereocenters. The molecule has 3 aliphatic rings. The van der Waals surface area contributed by atoms with Gasteiger partial charge in [-0.3, -0.25) is 24.0 Å². The van der Waals surface area contributed by atoms with Crippen molar-refractivity contribution in [2.45, 2.75) is 192 Å². The summed E-state index contributed by atoms with van der Waals surface area (Å²) >= 11 is 6.53. The van der Waals surface area contributed by atoms with Crippen molar-refractivity contribution in [2.24, 2.45) is 23.7 Å². The summed E-state index contributed by atoms with van der Waals surface area (Å²) in [4.78, 5) is 74.6. The number of hydrogen-bond donors (Lipinski definition) is 7. The first-order valence-corrected chi connectivity index (χ1v) is 29.2. The van der Waals surface area contributed by atoms with Gasteiger partial charge in [0.1, 0.15) is 24.3 Å². The Kier molecular flexibility index (Phi) is 23.5. The van der Waals surface area contributed by atoms with Gasteiger partial charge < -0.3 is 70.1 Å². The number of halogens is 1. The van der Waals surface area contributed by atoms with Crippen LogP contribution in [0.15, 0.2) is 78.9 Å². The summed E-state index contributed by atoms with van der Waals surface area (Å²) in [6.07, 6.45) is -6.99. The van der Waals surface area contributed by atoms with E-state index in [-0.39, 0.29) is 80.9 Å². The van der Waals surface area contributed by atoms with E-state index in [0.29, 0.717) is 28.3 Å². The second-order valence-corrected chi connectivity index (χ2v) is 24.8. The van der Waals surface area contributed by atoms with Crippen molar-refractivity contribution in [3.8, 4) is 0 Å². The van der Waals surface area contributed by atoms with Crippen LogP contribution in [0.1, 0.15) is 105 Å². The standard InChI is InChI=1S/C62H91ClN6O13/c1-35(2)52-59(76)69(12)34-36(3)32-61(8,77)56(82-60-53(72)48(68(10)11)27-37(4)79-60)38(5)54(81-51-33-62(9,78-13)55(73)40(7)80-51)39(6)57(74)65-45(31-50(71)67-52)28-42-23-25-44(26-24-42)64-58(75)47(30-43-21-17-18-22-46(43)63)66-49(70)29-41-19-15-14-16-20-41/h14-26,35-40,45,47-48,51-56,60,72-73,77H,27-34H2,1-13H3,(H,64,75)(H,65,74)(H,66,70)(H,67,71)/t36-,37-,38+,39-,40+,45-,47+,48+,51+,52+,53-,54+,55+,56-,60+,61-,62-/m1/s1. The van der Waals surface area contributed by atoms with Crippen LogP contribution in [0.4, 0.5) is 5.69 Å². The largest absolute Gasteiger partial charge is 0.387 e. The Morgan fingerprint density at radius 1 is 0.890 bits per heavy atom. The lowest BCUT2D eigenvalue weighted by Gasteiger charge is -2.49. The number of carbonyl (C=O) groups is 5. The smallest absolute Gasteiger partial charge is 0.247 e. The van der Waals surface area contributed by atoms with Gasteiger partial charge in [-0.2, -0.15) is 0 Å². The Morgan fingerprint density at radius 3 is 2.18 bits per heavy atom. The van der Waals surface area contributed by atoms with E-state index in [1.807, 2.05) is 83.1 Å². The van der Waals surface area contributed by atoms with Crippen LogP contribution in [-0.2, 0) is 66.9 Å². The number of carbonyl (C=O) groups excluding carboxylic acids is 5. The molecule has 17 atom stereocenters. The molecule has 0 saturated carbocycles. The number of rotatable bonds is 16. The number of nitrogens with one attached hydrogen (secondary N) is 4. The van der Waals surface area contributed by atoms with Crippen LogP contribution >= 0.6 is 11.6 Å². The van der Waals surface area contributed by atoms with Gasteiger partial charge in [0.25, 0.3) is 0 Å². The minimum absolute atomic E-state index is 0.0653. The minimum atomic E-state index is -1.71. The Morgan fingerprint density at radius 2 is 1.55 bits per heavy atom. The average Bonchev–Trinajstić information content (AvgIpc) is 3.63. The zero-order valence-corrected chi connectivity index (χ0v) is 50.9. The Balaban J connectivity index is 1.34. The summed E-state index contributed by atoms with van der Waals surface area (Å²) in [6.45, 7) is 16.3. The quantitative estimate of drug-likeness (QED) is 0.0947. The van der Waals surface area contributed by atoms with Crippen molar-refractivity contribution < 1.29 is 63.0 Å². The first-order chi connectivity index (χ1) is 38.6. The molecule has 0 aliphatic carbocycles. The highest BCUT2D eigenvalue weighted by Crippen LogP contribution is 2.39. The van der Waals surface area contributed by atoms with E-state index in [9.17, 15) is 34.5 Å². The predicted molar refractivity (Wildman–Crippen MR) is 312 cm³/mol. The Hall–Kier alpha value is -5.06. The monoisotopic (exact) mass is 1160 g/mol. The van der Waals surface area contributed by atoms with Crippen LogP contribution in [0, 0.1) is 23.7 Å². The summed E-state index contributed by atoms with van der Waals surface area (Å²) in [5.74, 6) is -4.71. The van der Waals surface area contributed by atoms with Gasteiger partial charge in [-0.15, -0.1) is 0 Å². The fraction of sp³-hybridized carbons (Fsp3) is 0.629. The zero-order valence-electron chi connectivity index (χ0n) is 50.1. The van der Waals surface area contributed by atoms with Crippen LogP contribution in [-0.4, -0.2) is 174 Å². The molecule has 20 heteroatoms. The molecule has 3 heterocycles. The number of methoxy groups -OCH3 is 1. The van der Waals surface area contributed by atoms with Gasteiger partial charge >= 0.3 is 0 Å². The first kappa shape index (κ1) is 66.1. The van der Waals surface area contributed by atoms with Crippen molar-refractivity contribution in [1.82, 2.24) is 25.8 Å². The van der Waals surface area contributed by atoms with E-state index in [0.717, 1.165) is 5.56 Å². The fourth-order valence-corrected chi connectivity index (χ4v) is 12.2. The number of benzene rings is 3. The predicted octanol–water partition coefficient (Wildman–Crippen LogP) is 5.43. The molecule has 3 saturated heterocycles. The van der Waals surface area contributed by atoms with E-state index in [1.165, 1.54) is 7.11 Å². The molecule has 3 aromatic rings. The maximum atomic E-state index is 15.2. The summed E-state index contributed by atoms with van der Waals surface area (Å²) in [5.41, 5.74) is -0.241. The molecule has 3 aliphatic heterocycles. The van der Waals surface area contributed by atoms with Crippen molar-refractivity contribution in [2.75, 3.05) is 40.1 Å². The summed E-state index contributed by atoms with van der Waals surface area (Å²) in [7, 11) is 6.88. The molecule has 82 heavy (non-hydrogen) atoms. The zero-order chi connectivity index (χ0) is 60.4. The highest BCUT2D eigenvalue weighted by atomic mass is 35.5. The van der Waals surface area contributed by atoms with Gasteiger partial charge in [-0.25, -0.2) is 0 Å². The van der Waals surface area contributed by atoms with Gasteiger partial charge in [0.15, 0.2) is 12.6 Å². The minimum Gasteiger partial charge on any atom is -0.387 e. The van der Waals surface area contributed by atoms with Crippen LogP contribution < -0.4 is 21.3 Å². The van der Waals surface area contributed by atoms with Gasteiger partial charge in [0.2, 0.25) is 29.5 Å². The van der Waals surface area contributed by atoms with E-state index in [1.54, 1.807) is 89.0 Å². The number of nitrogens with zero attached hydrogens (tertiary/aromatic N) is 2. The number of aliphatic hydroxyl groups is 3. The molecule has 3 fully saturated rings. The molecule has 5 amide bonds. The molecule has 7 N–H and O–H groups in total. The third kappa shape index (κ3) is 17.5. The molecule has 6 rings (SSSR count). The van der Waals surface area contributed by atoms with Crippen molar-refractivity contribution in [1.29, 1.82) is 0 Å². The molecule has 3 aromatic carbocycles. The van der Waals surface area contributed by atoms with Gasteiger partial charge in [-0.05, 0) is 108 Å². The van der Waals surface area contributed by atoms with E-state index >= 15 is 4.79 Å². The third-order valence-electron chi connectivity index (χ3n) is 16.6. The lowest BCUT2D eigenvalue weighted by molar-refractivity contribution is -0.317. The van der Waals surface area contributed by atoms with Gasteiger partial charge in [0.05, 0.1) is 48.0 Å². The maximum Gasteiger partial charge on any atom is 0.247 e. The Bertz CT molecular complexity index is 2590. The maximum absolute atomic E-state index is 15.2. The van der Waals surface area contributed by atoms with Crippen molar-refractivity contribution in [3.63, 3.8) is 0 Å². The number of anilines is 1. The molecule has 19 nitrogen and oxygen atoms in total. The van der Waals surface area contributed by atoms with Crippen LogP contribution in [0.5, 0.6) is 0 Å². The molecular formula is C62H91ClN6O13. The number of aliphatic hydroxyl groups excluding tert-OH is 2. The molecule has 0 bridgehead atoms. The molecule has 454 valence electrons. The molecule has 0 aromatic heterocycles. The average molecular weight is 1160 g/mol. The topological polar surface area (TPSA) is 247 Å². The lowest BCUT2D eigenvalue weighted by Crippen LogP contribution is -2.61. The lowest BCUT2D eigenvalue weighted by atomic mass is 9.77. The number of ether oxygens (including phenoxy) is 5. The molecule has 0 radical (unpaired) electrons. The third-order valence-corrected chi connectivity index (χ3v) is 16.9. The summed E-state index contributed by atoms with van der Waals surface area (Å²) in [5, 5.41) is 48.4. The number of hydrogen-bond acceptors (Lipinski definition) is 14. The molecular weight excluding hydrogens is 1070 g/mol. The highest BCUT2D eigenvalue weighted by Gasteiger charge is 2.51. The van der Waals surface area contributed by atoms with Crippen LogP contribution in [0.3, 0.4) is 0 Å². The second kappa shape index (κ2) is 29.2. The Labute approximate surface area is 489 Å². The van der Waals surface area contributed by atoms with E-state index < -0.39 is 102 Å². The van der Waals surface area contributed by atoms with Crippen LogP contribution in [0.2, 0.25) is 5.02 Å². The number of likely N-dealkylation sites (N-methyl/N-ethyl adjacent to an activating group) is 2. The highest BCUT2D eigenvalue weighted by molar-refractivity contribution is 6.31. The normalized spacial score (nSPS) is 33.3. The van der Waals surface area contributed by atoms with Crippen molar-refractivity contribution in [3.05, 3.63) is 101 Å². The van der Waals surface area contributed by atoms with E-state index in [2.05, 4.69) is 21.3 Å². The SMILES string of the molecule is CO[C@]1(C)C[C@H](O[C@H]2[C@H](C)[C@@H](O[C@@H]3O[C@H](C)C[C@H](N(C)C)[C@H]3O)[C@](C)(O)C[C@@H](C)CN(C)C(=O)[C@H](C(C)C)NC(=O)C[C@@H](Cc3ccc(NC(=O)[C@H](Cc4ccccc4Cl)NC(=O)Cc4ccccc4)cc3)NC(=O)[C@@H]2C)O[C@@H](C)[C@@H]1O. The van der Waals surface area contributed by atoms with Crippen LogP contribution in [0.25, 0.3) is 0 Å². The molecule has 0 spiro atoms. The first-order valence-electron chi connectivity index (χ1n) is 28.8. The number of amides is 5. The van der Waals surface area contributed by atoms with Gasteiger partial charge in [-0.1, -0.05) is 107 Å². The fourth-order valence-electron chi connectivity index (χ4n) is 11.9. The second-order valence-electron chi connectivity index (χ2n) is 24.4. The van der Waals surface area contributed by atoms with E-state index in [4.69, 9.17) is 35.3 Å².